The van der Waals surface area contributed by atoms with E-state index in [1.165, 1.54) is 0 Å². The van der Waals surface area contributed by atoms with E-state index in [0.29, 0.717) is 42.3 Å². The minimum atomic E-state index is -1.03. The van der Waals surface area contributed by atoms with Crippen molar-refractivity contribution in [3.8, 4) is 0 Å². The zero-order chi connectivity index (χ0) is 17.4. The maximum atomic E-state index is 12.1. The summed E-state index contributed by atoms with van der Waals surface area (Å²) in [6.45, 7) is 10.1. The van der Waals surface area contributed by atoms with E-state index < -0.39 is 11.2 Å². The molecule has 1 aliphatic heterocycles. The minimum absolute atomic E-state index is 0.337. The average molecular weight is 341 g/mol. The van der Waals surface area contributed by atoms with E-state index in [9.17, 15) is 9.90 Å². The highest BCUT2D eigenvalue weighted by Gasteiger charge is 2.38. The molecule has 0 spiro atoms. The molecule has 1 saturated heterocycles. The number of hydrogen-bond donors (Lipinski definition) is 1. The monoisotopic (exact) mass is 340 g/mol. The Balaban J connectivity index is 2.11. The molecule has 2 rings (SSSR count). The summed E-state index contributed by atoms with van der Waals surface area (Å²) in [6, 6.07) is 1.83. The summed E-state index contributed by atoms with van der Waals surface area (Å²) in [7, 11) is 0. The summed E-state index contributed by atoms with van der Waals surface area (Å²) in [5, 5.41) is 11.6. The fraction of sp³-hybridized carbons (Fsp3) is 0.647. The second-order valence-electron chi connectivity index (χ2n) is 7.22. The number of carbonyl (C=O) groups is 1. The van der Waals surface area contributed by atoms with Gasteiger partial charge in [0, 0.05) is 13.1 Å². The highest BCUT2D eigenvalue weighted by molar-refractivity contribution is 6.31. The lowest BCUT2D eigenvalue weighted by Gasteiger charge is -2.39. The second kappa shape index (κ2) is 6.29. The van der Waals surface area contributed by atoms with Crippen LogP contribution in [0.1, 0.15) is 50.6 Å². The van der Waals surface area contributed by atoms with Crippen molar-refractivity contribution in [3.63, 3.8) is 0 Å². The zero-order valence-electron chi connectivity index (χ0n) is 14.4. The van der Waals surface area contributed by atoms with Gasteiger partial charge in [0.1, 0.15) is 11.2 Å². The highest BCUT2D eigenvalue weighted by atomic mass is 35.5. The summed E-state index contributed by atoms with van der Waals surface area (Å²) in [4.78, 5) is 18.2. The van der Waals surface area contributed by atoms with Crippen LogP contribution >= 0.6 is 11.6 Å². The number of likely N-dealkylation sites (tertiary alicyclic amines) is 1. The van der Waals surface area contributed by atoms with E-state index in [1.54, 1.807) is 4.90 Å². The Morgan fingerprint density at radius 1 is 1.35 bits per heavy atom. The third-order valence-electron chi connectivity index (χ3n) is 4.02. The van der Waals surface area contributed by atoms with E-state index in [0.717, 1.165) is 5.56 Å². The first-order chi connectivity index (χ1) is 10.5. The van der Waals surface area contributed by atoms with Gasteiger partial charge in [-0.15, -0.1) is 0 Å². The number of rotatable bonds is 1. The normalized spacial score (nSPS) is 18.0. The number of aryl methyl sites for hydroxylation is 2. The van der Waals surface area contributed by atoms with Crippen molar-refractivity contribution in [2.45, 2.75) is 58.7 Å². The van der Waals surface area contributed by atoms with Crippen molar-refractivity contribution in [3.05, 3.63) is 28.0 Å². The van der Waals surface area contributed by atoms with Gasteiger partial charge in [-0.2, -0.15) is 0 Å². The van der Waals surface area contributed by atoms with Crippen LogP contribution < -0.4 is 0 Å². The molecular weight excluding hydrogens is 316 g/mol. The van der Waals surface area contributed by atoms with Crippen LogP contribution in [-0.2, 0) is 10.3 Å². The van der Waals surface area contributed by atoms with E-state index in [4.69, 9.17) is 16.3 Å². The minimum Gasteiger partial charge on any atom is -0.444 e. The summed E-state index contributed by atoms with van der Waals surface area (Å²) < 4.78 is 5.38. The van der Waals surface area contributed by atoms with Crippen molar-refractivity contribution in [2.24, 2.45) is 0 Å². The number of nitrogens with zero attached hydrogens (tertiary/aromatic N) is 2. The Labute approximate surface area is 142 Å². The van der Waals surface area contributed by atoms with Gasteiger partial charge in [0.2, 0.25) is 0 Å². The van der Waals surface area contributed by atoms with Crippen LogP contribution in [0.5, 0.6) is 0 Å². The predicted molar refractivity (Wildman–Crippen MR) is 89.7 cm³/mol. The third kappa shape index (κ3) is 4.15. The van der Waals surface area contributed by atoms with Crippen LogP contribution in [0.15, 0.2) is 6.07 Å². The first-order valence-corrected chi connectivity index (χ1v) is 8.24. The molecule has 0 aliphatic carbocycles. The number of amides is 1. The number of aliphatic hydroxyl groups is 1. The Bertz CT molecular complexity index is 603. The maximum Gasteiger partial charge on any atom is 0.410 e. The first kappa shape index (κ1) is 18.0. The Morgan fingerprint density at radius 2 is 1.91 bits per heavy atom. The molecule has 1 fully saturated rings. The molecule has 23 heavy (non-hydrogen) atoms. The van der Waals surface area contributed by atoms with Crippen LogP contribution in [0.25, 0.3) is 0 Å². The van der Waals surface area contributed by atoms with Crippen molar-refractivity contribution >= 4 is 17.7 Å². The van der Waals surface area contributed by atoms with Crippen molar-refractivity contribution in [2.75, 3.05) is 13.1 Å². The molecular formula is C17H25ClN2O3. The molecule has 1 amide bonds. The van der Waals surface area contributed by atoms with Gasteiger partial charge >= 0.3 is 6.09 Å². The molecule has 5 nitrogen and oxygen atoms in total. The Kier molecular flexibility index (Phi) is 4.92. The maximum absolute atomic E-state index is 12.1. The quantitative estimate of drug-likeness (QED) is 0.848. The summed E-state index contributed by atoms with van der Waals surface area (Å²) >= 11 is 6.08. The largest absolute Gasteiger partial charge is 0.444 e. The summed E-state index contributed by atoms with van der Waals surface area (Å²) in [6.07, 6.45) is 0.527. The Morgan fingerprint density at radius 3 is 2.43 bits per heavy atom. The fourth-order valence-electron chi connectivity index (χ4n) is 2.77. The number of pyridine rings is 1. The van der Waals surface area contributed by atoms with Gasteiger partial charge in [-0.3, -0.25) is 4.98 Å². The van der Waals surface area contributed by atoms with Crippen molar-refractivity contribution in [1.82, 2.24) is 9.88 Å². The van der Waals surface area contributed by atoms with Crippen molar-refractivity contribution < 1.29 is 14.6 Å². The zero-order valence-corrected chi connectivity index (χ0v) is 15.2. The lowest BCUT2D eigenvalue weighted by Crippen LogP contribution is -2.47. The first-order valence-electron chi connectivity index (χ1n) is 7.86. The fourth-order valence-corrected chi connectivity index (χ4v) is 2.97. The lowest BCUT2D eigenvalue weighted by molar-refractivity contribution is -0.0385. The van der Waals surface area contributed by atoms with Crippen LogP contribution in [0.2, 0.25) is 5.02 Å². The van der Waals surface area contributed by atoms with E-state index >= 15 is 0 Å². The Hall–Kier alpha value is -1.33. The molecule has 0 radical (unpaired) electrons. The number of hydrogen-bond acceptors (Lipinski definition) is 4. The van der Waals surface area contributed by atoms with Gasteiger partial charge in [-0.05, 0) is 59.1 Å². The molecule has 128 valence electrons. The number of ether oxygens (including phenoxy) is 1. The topological polar surface area (TPSA) is 62.7 Å². The van der Waals surface area contributed by atoms with Crippen LogP contribution in [0.4, 0.5) is 4.79 Å². The van der Waals surface area contributed by atoms with Gasteiger partial charge in [-0.25, -0.2) is 4.79 Å². The standard InChI is InChI=1S/C17H25ClN2O3/c1-11-10-13(18)12(2)19-14(11)17(22)6-8-20(9-7-17)15(21)23-16(3,4)5/h10,22H,6-9H2,1-5H3. The predicted octanol–water partition coefficient (Wildman–Crippen LogP) is 3.57. The lowest BCUT2D eigenvalue weighted by atomic mass is 9.85. The molecule has 2 heterocycles. The number of aromatic nitrogens is 1. The van der Waals surface area contributed by atoms with E-state index in [1.807, 2.05) is 40.7 Å². The molecule has 0 aromatic carbocycles. The number of carbonyl (C=O) groups excluding carboxylic acids is 1. The van der Waals surface area contributed by atoms with Crippen LogP contribution in [-0.4, -0.2) is 39.8 Å². The summed E-state index contributed by atoms with van der Waals surface area (Å²) in [5.74, 6) is 0. The second-order valence-corrected chi connectivity index (χ2v) is 7.63. The van der Waals surface area contributed by atoms with Gasteiger partial charge in [-0.1, -0.05) is 11.6 Å². The molecule has 1 aromatic rings. The molecule has 1 aromatic heterocycles. The highest BCUT2D eigenvalue weighted by Crippen LogP contribution is 2.35. The van der Waals surface area contributed by atoms with Gasteiger partial charge < -0.3 is 14.7 Å². The average Bonchev–Trinajstić information content (AvgIpc) is 2.41. The van der Waals surface area contributed by atoms with Crippen LogP contribution in [0, 0.1) is 13.8 Å². The van der Waals surface area contributed by atoms with Gasteiger partial charge in [0.05, 0.1) is 16.4 Å². The SMILES string of the molecule is Cc1cc(Cl)c(C)nc1C1(O)CCN(C(=O)OC(C)(C)C)CC1. The van der Waals surface area contributed by atoms with Crippen LogP contribution in [0.3, 0.4) is 0 Å². The molecule has 0 bridgehead atoms. The van der Waals surface area contributed by atoms with E-state index in [-0.39, 0.29) is 6.09 Å². The molecule has 0 atom stereocenters. The van der Waals surface area contributed by atoms with E-state index in [2.05, 4.69) is 4.98 Å². The molecule has 0 unspecified atom stereocenters. The third-order valence-corrected chi connectivity index (χ3v) is 4.41. The van der Waals surface area contributed by atoms with Crippen molar-refractivity contribution in [1.29, 1.82) is 0 Å². The molecule has 0 saturated carbocycles. The van der Waals surface area contributed by atoms with Gasteiger partial charge in [0.25, 0.3) is 0 Å². The molecule has 1 N–H and O–H groups in total. The summed E-state index contributed by atoms with van der Waals surface area (Å²) in [5.41, 5.74) is 0.682. The number of halogens is 1. The molecule has 6 heteroatoms. The smallest absolute Gasteiger partial charge is 0.410 e. The molecule has 1 aliphatic rings. The van der Waals surface area contributed by atoms with Gasteiger partial charge in [0.15, 0.2) is 0 Å². The number of piperidine rings is 1.